The van der Waals surface area contributed by atoms with Gasteiger partial charge in [0.2, 0.25) is 5.88 Å². The largest absolute Gasteiger partial charge is 0.478 e. The summed E-state index contributed by atoms with van der Waals surface area (Å²) in [5.74, 6) is 0.372. The minimum Gasteiger partial charge on any atom is -0.478 e. The second kappa shape index (κ2) is 3.17. The second-order valence-corrected chi connectivity index (χ2v) is 3.00. The SMILES string of the molecule is CCOc1cc(=O)n2[nH]c(C)cc2n1. The first-order valence-corrected chi connectivity index (χ1v) is 4.43. The average Bonchev–Trinajstić information content (AvgIpc) is 2.47. The molecular formula is C9H11N3O2. The van der Waals surface area contributed by atoms with Gasteiger partial charge in [-0.05, 0) is 13.8 Å². The van der Waals surface area contributed by atoms with Crippen LogP contribution in [0.25, 0.3) is 5.65 Å². The zero-order valence-electron chi connectivity index (χ0n) is 8.07. The number of nitrogens with one attached hydrogen (secondary N) is 1. The van der Waals surface area contributed by atoms with E-state index in [9.17, 15) is 4.79 Å². The summed E-state index contributed by atoms with van der Waals surface area (Å²) in [6.45, 7) is 4.23. The number of ether oxygens (including phenoxy) is 1. The van der Waals surface area contributed by atoms with Gasteiger partial charge in [-0.15, -0.1) is 0 Å². The number of aromatic nitrogens is 3. The minimum atomic E-state index is -0.161. The molecule has 0 aliphatic rings. The first kappa shape index (κ1) is 8.80. The van der Waals surface area contributed by atoms with Crippen molar-refractivity contribution in [3.05, 3.63) is 28.2 Å². The third-order valence-corrected chi connectivity index (χ3v) is 1.85. The molecule has 0 amide bonds. The molecule has 2 heterocycles. The topological polar surface area (TPSA) is 59.4 Å². The Morgan fingerprint density at radius 3 is 3.07 bits per heavy atom. The summed E-state index contributed by atoms with van der Waals surface area (Å²) in [6, 6.07) is 3.16. The number of nitrogens with zero attached hydrogens (tertiary/aromatic N) is 2. The van der Waals surface area contributed by atoms with Crippen LogP contribution in [0.1, 0.15) is 12.6 Å². The molecule has 0 fully saturated rings. The van der Waals surface area contributed by atoms with Crippen LogP contribution >= 0.6 is 0 Å². The predicted molar refractivity (Wildman–Crippen MR) is 51.7 cm³/mol. The number of hydrogen-bond acceptors (Lipinski definition) is 3. The van der Waals surface area contributed by atoms with Crippen molar-refractivity contribution in [2.75, 3.05) is 6.61 Å². The Kier molecular flexibility index (Phi) is 1.99. The Labute approximate surface area is 80.3 Å². The fourth-order valence-corrected chi connectivity index (χ4v) is 1.31. The van der Waals surface area contributed by atoms with Gasteiger partial charge in [-0.3, -0.25) is 9.89 Å². The Balaban J connectivity index is 2.65. The van der Waals surface area contributed by atoms with Gasteiger partial charge in [0.05, 0.1) is 12.7 Å². The number of aryl methyl sites for hydroxylation is 1. The van der Waals surface area contributed by atoms with Gasteiger partial charge >= 0.3 is 0 Å². The van der Waals surface area contributed by atoms with Gasteiger partial charge in [-0.25, -0.2) is 4.52 Å². The van der Waals surface area contributed by atoms with E-state index in [1.165, 1.54) is 10.6 Å². The van der Waals surface area contributed by atoms with Gasteiger partial charge in [-0.2, -0.15) is 4.98 Å². The highest BCUT2D eigenvalue weighted by Gasteiger charge is 2.04. The zero-order valence-corrected chi connectivity index (χ0v) is 8.07. The molecule has 0 aromatic carbocycles. The van der Waals surface area contributed by atoms with Gasteiger partial charge in [0.1, 0.15) is 0 Å². The average molecular weight is 193 g/mol. The second-order valence-electron chi connectivity index (χ2n) is 3.00. The molecule has 2 aromatic heterocycles. The number of H-pyrrole nitrogens is 1. The smallest absolute Gasteiger partial charge is 0.276 e. The number of fused-ring (bicyclic) bond motifs is 1. The van der Waals surface area contributed by atoms with E-state index in [1.54, 1.807) is 6.07 Å². The lowest BCUT2D eigenvalue weighted by Gasteiger charge is -2.00. The van der Waals surface area contributed by atoms with E-state index in [0.717, 1.165) is 5.69 Å². The van der Waals surface area contributed by atoms with Crippen LogP contribution in [0.15, 0.2) is 16.9 Å². The van der Waals surface area contributed by atoms with E-state index in [2.05, 4.69) is 10.1 Å². The minimum absolute atomic E-state index is 0.161. The molecule has 0 atom stereocenters. The van der Waals surface area contributed by atoms with Crippen molar-refractivity contribution in [1.29, 1.82) is 0 Å². The van der Waals surface area contributed by atoms with E-state index in [1.807, 2.05) is 13.8 Å². The maximum absolute atomic E-state index is 11.5. The predicted octanol–water partition coefficient (Wildman–Crippen LogP) is 0.730. The lowest BCUT2D eigenvalue weighted by molar-refractivity contribution is 0.326. The summed E-state index contributed by atoms with van der Waals surface area (Å²) in [4.78, 5) is 15.7. The maximum atomic E-state index is 11.5. The molecule has 0 bridgehead atoms. The van der Waals surface area contributed by atoms with E-state index in [4.69, 9.17) is 4.74 Å². The van der Waals surface area contributed by atoms with Crippen molar-refractivity contribution in [3.8, 4) is 5.88 Å². The quantitative estimate of drug-likeness (QED) is 0.764. The molecule has 2 rings (SSSR count). The van der Waals surface area contributed by atoms with Crippen LogP contribution in [0.2, 0.25) is 0 Å². The summed E-state index contributed by atoms with van der Waals surface area (Å²) in [5, 5.41) is 2.88. The van der Waals surface area contributed by atoms with Crippen LogP contribution in [0, 0.1) is 6.92 Å². The van der Waals surface area contributed by atoms with Crippen molar-refractivity contribution in [1.82, 2.24) is 14.6 Å². The molecule has 0 saturated heterocycles. The van der Waals surface area contributed by atoms with Crippen molar-refractivity contribution in [3.63, 3.8) is 0 Å². The molecule has 5 nitrogen and oxygen atoms in total. The van der Waals surface area contributed by atoms with E-state index >= 15 is 0 Å². The van der Waals surface area contributed by atoms with Crippen LogP contribution in [0.4, 0.5) is 0 Å². The first-order valence-electron chi connectivity index (χ1n) is 4.43. The number of hydrogen-bond donors (Lipinski definition) is 1. The summed E-state index contributed by atoms with van der Waals surface area (Å²) in [5.41, 5.74) is 1.31. The highest BCUT2D eigenvalue weighted by molar-refractivity contribution is 5.40. The standard InChI is InChI=1S/C9H11N3O2/c1-3-14-8-5-9(13)12-7(10-8)4-6(2)11-12/h4-5,11H,3H2,1-2H3. The molecule has 0 saturated carbocycles. The van der Waals surface area contributed by atoms with Crippen molar-refractivity contribution in [2.24, 2.45) is 0 Å². The lowest BCUT2D eigenvalue weighted by Crippen LogP contribution is -2.14. The van der Waals surface area contributed by atoms with Crippen molar-refractivity contribution < 1.29 is 4.74 Å². The number of rotatable bonds is 2. The first-order chi connectivity index (χ1) is 6.70. The molecular weight excluding hydrogens is 182 g/mol. The van der Waals surface area contributed by atoms with E-state index in [-0.39, 0.29) is 5.56 Å². The van der Waals surface area contributed by atoms with Crippen LogP contribution in [-0.2, 0) is 0 Å². The molecule has 0 aliphatic heterocycles. The zero-order chi connectivity index (χ0) is 10.1. The van der Waals surface area contributed by atoms with Gasteiger partial charge in [0, 0.05) is 11.8 Å². The third-order valence-electron chi connectivity index (χ3n) is 1.85. The highest BCUT2D eigenvalue weighted by Crippen LogP contribution is 2.06. The highest BCUT2D eigenvalue weighted by atomic mass is 16.5. The van der Waals surface area contributed by atoms with Crippen LogP contribution < -0.4 is 10.3 Å². The summed E-state index contributed by atoms with van der Waals surface area (Å²) < 4.78 is 6.55. The fraction of sp³-hybridized carbons (Fsp3) is 0.333. The van der Waals surface area contributed by atoms with Crippen LogP contribution in [0.5, 0.6) is 5.88 Å². The molecule has 0 aliphatic carbocycles. The summed E-state index contributed by atoms with van der Waals surface area (Å²) in [6.07, 6.45) is 0. The van der Waals surface area contributed by atoms with Crippen molar-refractivity contribution in [2.45, 2.75) is 13.8 Å². The maximum Gasteiger partial charge on any atom is 0.276 e. The summed E-state index contributed by atoms with van der Waals surface area (Å²) in [7, 11) is 0. The molecule has 2 aromatic rings. The van der Waals surface area contributed by atoms with Crippen LogP contribution in [0.3, 0.4) is 0 Å². The van der Waals surface area contributed by atoms with E-state index in [0.29, 0.717) is 18.1 Å². The fourth-order valence-electron chi connectivity index (χ4n) is 1.31. The van der Waals surface area contributed by atoms with Crippen LogP contribution in [-0.4, -0.2) is 21.2 Å². The Hall–Kier alpha value is -1.78. The molecule has 74 valence electrons. The Morgan fingerprint density at radius 1 is 1.57 bits per heavy atom. The van der Waals surface area contributed by atoms with E-state index < -0.39 is 0 Å². The number of aromatic amines is 1. The monoisotopic (exact) mass is 193 g/mol. The van der Waals surface area contributed by atoms with Gasteiger partial charge in [0.25, 0.3) is 5.56 Å². The molecule has 0 unspecified atom stereocenters. The molecule has 0 radical (unpaired) electrons. The summed E-state index contributed by atoms with van der Waals surface area (Å²) >= 11 is 0. The third kappa shape index (κ3) is 1.37. The van der Waals surface area contributed by atoms with Crippen molar-refractivity contribution >= 4 is 5.65 Å². The molecule has 1 N–H and O–H groups in total. The van der Waals surface area contributed by atoms with Gasteiger partial charge in [-0.1, -0.05) is 0 Å². The molecule has 5 heteroatoms. The van der Waals surface area contributed by atoms with Gasteiger partial charge < -0.3 is 4.74 Å². The Morgan fingerprint density at radius 2 is 2.36 bits per heavy atom. The normalized spacial score (nSPS) is 10.7. The lowest BCUT2D eigenvalue weighted by atomic mass is 10.5. The molecule has 14 heavy (non-hydrogen) atoms. The Bertz CT molecular complexity index is 512. The molecule has 0 spiro atoms. The van der Waals surface area contributed by atoms with Gasteiger partial charge in [0.15, 0.2) is 5.65 Å².